The number of benzene rings is 1. The number of hydrogen-bond donors (Lipinski definition) is 0. The highest BCUT2D eigenvalue weighted by atomic mass is 32.2. The molecule has 3 aromatic rings. The highest BCUT2D eigenvalue weighted by molar-refractivity contribution is 7.99. The second kappa shape index (κ2) is 8.68. The summed E-state index contributed by atoms with van der Waals surface area (Å²) >= 11 is 1.61. The van der Waals surface area contributed by atoms with Gasteiger partial charge in [-0.3, -0.25) is 13.8 Å². The van der Waals surface area contributed by atoms with Gasteiger partial charge in [0.05, 0.1) is 17.5 Å². The van der Waals surface area contributed by atoms with Gasteiger partial charge in [0.25, 0.3) is 5.56 Å². The van der Waals surface area contributed by atoms with Gasteiger partial charge in [0.2, 0.25) is 5.78 Å². The summed E-state index contributed by atoms with van der Waals surface area (Å²) in [4.78, 5) is 12.8. The van der Waals surface area contributed by atoms with E-state index in [-0.39, 0.29) is 5.56 Å². The first kappa shape index (κ1) is 18.9. The topological polar surface area (TPSA) is 61.4 Å². The summed E-state index contributed by atoms with van der Waals surface area (Å²) in [5.41, 5.74) is 0.851. The lowest BCUT2D eigenvalue weighted by Crippen LogP contribution is -2.23. The molecule has 0 radical (unpaired) electrons. The van der Waals surface area contributed by atoms with Crippen LogP contribution in [-0.2, 0) is 11.3 Å². The fraction of sp³-hybridized carbons (Fsp3) is 0.526. The van der Waals surface area contributed by atoms with Gasteiger partial charge in [0.1, 0.15) is 0 Å². The minimum atomic E-state index is -0.00378. The lowest BCUT2D eigenvalue weighted by atomic mass is 10.1. The lowest BCUT2D eigenvalue weighted by molar-refractivity contribution is 0.138. The van der Waals surface area contributed by atoms with E-state index < -0.39 is 0 Å². The summed E-state index contributed by atoms with van der Waals surface area (Å²) in [7, 11) is 0. The van der Waals surface area contributed by atoms with Crippen LogP contribution in [0, 0.1) is 5.92 Å². The normalized spacial score (nSPS) is 11.8. The molecule has 0 amide bonds. The maximum absolute atomic E-state index is 12.8. The van der Waals surface area contributed by atoms with Crippen molar-refractivity contribution in [1.82, 2.24) is 19.2 Å². The summed E-state index contributed by atoms with van der Waals surface area (Å²) in [5, 5.41) is 10.1. The van der Waals surface area contributed by atoms with Crippen molar-refractivity contribution in [2.75, 3.05) is 19.0 Å². The summed E-state index contributed by atoms with van der Waals surface area (Å²) in [6.07, 6.45) is 1.94. The van der Waals surface area contributed by atoms with E-state index in [1.54, 1.807) is 16.3 Å². The Morgan fingerprint density at radius 2 is 2.00 bits per heavy atom. The number of aryl methyl sites for hydroxylation is 1. The quantitative estimate of drug-likeness (QED) is 0.423. The number of ether oxygens (including phenoxy) is 1. The van der Waals surface area contributed by atoms with E-state index in [0.29, 0.717) is 30.2 Å². The van der Waals surface area contributed by atoms with Gasteiger partial charge in [-0.15, -0.1) is 10.2 Å². The Morgan fingerprint density at radius 3 is 2.77 bits per heavy atom. The van der Waals surface area contributed by atoms with E-state index >= 15 is 0 Å². The monoisotopic (exact) mass is 374 g/mol. The molecule has 1 aromatic carbocycles. The smallest absolute Gasteiger partial charge is 0.262 e. The molecule has 0 aliphatic carbocycles. The van der Waals surface area contributed by atoms with Gasteiger partial charge in [-0.25, -0.2) is 0 Å². The average Bonchev–Trinajstić information content (AvgIpc) is 3.05. The predicted molar refractivity (Wildman–Crippen MR) is 106 cm³/mol. The zero-order chi connectivity index (χ0) is 18.5. The Bertz CT molecular complexity index is 932. The Balaban J connectivity index is 1.87. The summed E-state index contributed by atoms with van der Waals surface area (Å²) in [6, 6.07) is 7.65. The van der Waals surface area contributed by atoms with Gasteiger partial charge in [-0.2, -0.15) is 0 Å². The number of para-hydroxylation sites is 1. The zero-order valence-corrected chi connectivity index (χ0v) is 16.5. The molecular formula is C19H26N4O2S. The molecule has 26 heavy (non-hydrogen) atoms. The molecule has 3 rings (SSSR count). The summed E-state index contributed by atoms with van der Waals surface area (Å²) in [5.74, 6) is 2.07. The molecule has 2 aromatic heterocycles. The largest absolute Gasteiger partial charge is 0.381 e. The molecule has 0 saturated heterocycles. The third-order valence-electron chi connectivity index (χ3n) is 4.22. The van der Waals surface area contributed by atoms with Crippen molar-refractivity contribution >= 4 is 28.4 Å². The Hall–Kier alpha value is -1.86. The van der Waals surface area contributed by atoms with Crippen LogP contribution in [0.5, 0.6) is 0 Å². The van der Waals surface area contributed by atoms with Crippen LogP contribution in [0.2, 0.25) is 0 Å². The molecule has 0 saturated carbocycles. The van der Waals surface area contributed by atoms with E-state index in [0.717, 1.165) is 35.9 Å². The van der Waals surface area contributed by atoms with Gasteiger partial charge in [0, 0.05) is 18.9 Å². The molecule has 0 fully saturated rings. The Kier molecular flexibility index (Phi) is 6.32. The molecule has 140 valence electrons. The van der Waals surface area contributed by atoms with Crippen LogP contribution < -0.4 is 5.56 Å². The van der Waals surface area contributed by atoms with Crippen molar-refractivity contribution in [2.45, 2.75) is 45.3 Å². The minimum Gasteiger partial charge on any atom is -0.381 e. The van der Waals surface area contributed by atoms with Crippen LogP contribution in [0.3, 0.4) is 0 Å². The Morgan fingerprint density at radius 1 is 1.19 bits per heavy atom. The van der Waals surface area contributed by atoms with Crippen LogP contribution in [0.15, 0.2) is 34.2 Å². The molecule has 0 aliphatic heterocycles. The zero-order valence-electron chi connectivity index (χ0n) is 15.6. The molecule has 0 unspecified atom stereocenters. The van der Waals surface area contributed by atoms with Crippen LogP contribution in [0.4, 0.5) is 0 Å². The van der Waals surface area contributed by atoms with Gasteiger partial charge in [-0.1, -0.05) is 44.7 Å². The molecule has 0 N–H and O–H groups in total. The van der Waals surface area contributed by atoms with E-state index in [2.05, 4.69) is 31.0 Å². The first-order chi connectivity index (χ1) is 12.6. The second-order valence-electron chi connectivity index (χ2n) is 6.74. The molecule has 6 nitrogen and oxygen atoms in total. The van der Waals surface area contributed by atoms with E-state index in [4.69, 9.17) is 4.74 Å². The standard InChI is InChI=1S/C19H26N4O2S/c1-4-10-22-17(24)15-7-5-6-8-16(15)23-18(22)20-21-19(23)26-13-12-25-11-9-14(2)3/h5-8,14H,4,9-13H2,1-3H3. The number of nitrogens with zero attached hydrogens (tertiary/aromatic N) is 4. The van der Waals surface area contributed by atoms with Gasteiger partial charge >= 0.3 is 0 Å². The highest BCUT2D eigenvalue weighted by Crippen LogP contribution is 2.21. The SMILES string of the molecule is CCCn1c(=O)c2ccccc2n2c(SCCOCCC(C)C)nnc12. The lowest BCUT2D eigenvalue weighted by Gasteiger charge is -2.10. The van der Waals surface area contributed by atoms with Crippen molar-refractivity contribution in [1.29, 1.82) is 0 Å². The van der Waals surface area contributed by atoms with Gasteiger partial charge < -0.3 is 4.74 Å². The van der Waals surface area contributed by atoms with Crippen molar-refractivity contribution in [3.63, 3.8) is 0 Å². The van der Waals surface area contributed by atoms with Crippen molar-refractivity contribution in [2.24, 2.45) is 5.92 Å². The molecule has 0 spiro atoms. The summed E-state index contributed by atoms with van der Waals surface area (Å²) < 4.78 is 9.40. The van der Waals surface area contributed by atoms with Crippen LogP contribution in [-0.4, -0.2) is 38.1 Å². The van der Waals surface area contributed by atoms with Crippen LogP contribution in [0.25, 0.3) is 16.7 Å². The number of thioether (sulfide) groups is 1. The third kappa shape index (κ3) is 3.94. The number of hydrogen-bond acceptors (Lipinski definition) is 5. The maximum Gasteiger partial charge on any atom is 0.262 e. The van der Waals surface area contributed by atoms with E-state index in [1.165, 1.54) is 0 Å². The molecule has 0 bridgehead atoms. The first-order valence-electron chi connectivity index (χ1n) is 9.20. The number of fused-ring (bicyclic) bond motifs is 3. The average molecular weight is 375 g/mol. The van der Waals surface area contributed by atoms with Crippen LogP contribution in [0.1, 0.15) is 33.6 Å². The van der Waals surface area contributed by atoms with Gasteiger partial charge in [-0.05, 0) is 30.9 Å². The molecule has 0 atom stereocenters. The first-order valence-corrected chi connectivity index (χ1v) is 10.2. The fourth-order valence-corrected chi connectivity index (χ4v) is 3.66. The van der Waals surface area contributed by atoms with Crippen molar-refractivity contribution in [3.05, 3.63) is 34.6 Å². The number of rotatable bonds is 9. The van der Waals surface area contributed by atoms with E-state index in [1.807, 2.05) is 28.7 Å². The second-order valence-corrected chi connectivity index (χ2v) is 7.80. The predicted octanol–water partition coefficient (Wildman–Crippen LogP) is 3.61. The Labute approximate surface area is 157 Å². The van der Waals surface area contributed by atoms with Gasteiger partial charge in [0.15, 0.2) is 5.16 Å². The van der Waals surface area contributed by atoms with Crippen LogP contribution >= 0.6 is 11.8 Å². The van der Waals surface area contributed by atoms with E-state index in [9.17, 15) is 4.79 Å². The van der Waals surface area contributed by atoms with Crippen molar-refractivity contribution in [3.8, 4) is 0 Å². The fourth-order valence-electron chi connectivity index (χ4n) is 2.87. The highest BCUT2D eigenvalue weighted by Gasteiger charge is 2.16. The minimum absolute atomic E-state index is 0.00378. The molecule has 0 aliphatic rings. The van der Waals surface area contributed by atoms with Crippen molar-refractivity contribution < 1.29 is 4.74 Å². The third-order valence-corrected chi connectivity index (χ3v) is 5.12. The molecule has 7 heteroatoms. The molecule has 2 heterocycles. The number of aromatic nitrogens is 4. The summed E-state index contributed by atoms with van der Waals surface area (Å²) in [6.45, 7) is 8.55. The maximum atomic E-state index is 12.8. The molecular weight excluding hydrogens is 348 g/mol.